The lowest BCUT2D eigenvalue weighted by Crippen LogP contribution is -2.45. The highest BCUT2D eigenvalue weighted by Crippen LogP contribution is 2.24. The van der Waals surface area contributed by atoms with Gasteiger partial charge in [0, 0.05) is 19.3 Å². The van der Waals surface area contributed by atoms with Gasteiger partial charge in [-0.15, -0.1) is 0 Å². The maximum Gasteiger partial charge on any atom is 0.276 e. The van der Waals surface area contributed by atoms with Crippen LogP contribution in [0.2, 0.25) is 0 Å². The molecule has 3 N–H and O–H groups in total. The summed E-state index contributed by atoms with van der Waals surface area (Å²) in [6.45, 7) is 4.09. The zero-order valence-electron chi connectivity index (χ0n) is 10.5. The Kier molecular flexibility index (Phi) is 3.81. The number of rotatable bonds is 2. The van der Waals surface area contributed by atoms with E-state index in [2.05, 4.69) is 11.9 Å². The first kappa shape index (κ1) is 12.8. The van der Waals surface area contributed by atoms with Crippen LogP contribution in [0, 0.1) is 11.8 Å². The van der Waals surface area contributed by atoms with Crippen molar-refractivity contribution in [3.8, 4) is 5.75 Å². The summed E-state index contributed by atoms with van der Waals surface area (Å²) in [4.78, 5) is 17.9. The number of pyridine rings is 1. The molecule has 0 radical (unpaired) electrons. The second-order valence-corrected chi connectivity index (χ2v) is 4.88. The molecule has 0 spiro atoms. The minimum atomic E-state index is -0.210. The van der Waals surface area contributed by atoms with Crippen LogP contribution in [0.3, 0.4) is 0 Å². The molecule has 5 nitrogen and oxygen atoms in total. The van der Waals surface area contributed by atoms with Crippen LogP contribution in [0.4, 0.5) is 0 Å². The van der Waals surface area contributed by atoms with Crippen molar-refractivity contribution in [3.63, 3.8) is 0 Å². The summed E-state index contributed by atoms with van der Waals surface area (Å²) >= 11 is 0. The van der Waals surface area contributed by atoms with Crippen molar-refractivity contribution in [1.29, 1.82) is 0 Å². The highest BCUT2D eigenvalue weighted by Gasteiger charge is 2.29. The SMILES string of the molecule is CC1CCN(C(=O)c2ncccc2O)CC1CN. The van der Waals surface area contributed by atoms with Crippen molar-refractivity contribution in [2.45, 2.75) is 13.3 Å². The number of carbonyl (C=O) groups is 1. The van der Waals surface area contributed by atoms with E-state index in [-0.39, 0.29) is 17.4 Å². The summed E-state index contributed by atoms with van der Waals surface area (Å²) in [5.74, 6) is 0.591. The van der Waals surface area contributed by atoms with E-state index in [1.807, 2.05) is 0 Å². The number of aromatic nitrogens is 1. The van der Waals surface area contributed by atoms with Gasteiger partial charge in [-0.25, -0.2) is 4.98 Å². The zero-order chi connectivity index (χ0) is 13.1. The Balaban J connectivity index is 2.13. The van der Waals surface area contributed by atoms with Gasteiger partial charge in [-0.3, -0.25) is 4.79 Å². The van der Waals surface area contributed by atoms with Crippen LogP contribution < -0.4 is 5.73 Å². The molecule has 2 unspecified atom stereocenters. The third-order valence-corrected chi connectivity index (χ3v) is 3.69. The minimum absolute atomic E-state index is 0.0644. The maximum atomic E-state index is 12.3. The Morgan fingerprint density at radius 3 is 3.11 bits per heavy atom. The fourth-order valence-electron chi connectivity index (χ4n) is 2.35. The van der Waals surface area contributed by atoms with Gasteiger partial charge in [0.15, 0.2) is 5.69 Å². The van der Waals surface area contributed by atoms with Crippen LogP contribution in [-0.2, 0) is 0 Å². The van der Waals surface area contributed by atoms with E-state index in [0.717, 1.165) is 6.42 Å². The van der Waals surface area contributed by atoms with E-state index >= 15 is 0 Å². The number of amides is 1. The first-order chi connectivity index (χ1) is 8.63. The number of nitrogens with zero attached hydrogens (tertiary/aromatic N) is 2. The molecule has 1 aliphatic rings. The van der Waals surface area contributed by atoms with Gasteiger partial charge >= 0.3 is 0 Å². The molecule has 2 heterocycles. The summed E-state index contributed by atoms with van der Waals surface area (Å²) in [6, 6.07) is 3.08. The van der Waals surface area contributed by atoms with Crippen molar-refractivity contribution in [2.24, 2.45) is 17.6 Å². The Bertz CT molecular complexity index is 436. The van der Waals surface area contributed by atoms with Crippen LogP contribution in [0.15, 0.2) is 18.3 Å². The molecule has 1 amide bonds. The normalized spacial score (nSPS) is 24.0. The van der Waals surface area contributed by atoms with Gasteiger partial charge < -0.3 is 15.7 Å². The van der Waals surface area contributed by atoms with E-state index in [1.165, 1.54) is 12.3 Å². The highest BCUT2D eigenvalue weighted by atomic mass is 16.3. The van der Waals surface area contributed by atoms with E-state index in [4.69, 9.17) is 5.73 Å². The number of carbonyl (C=O) groups excluding carboxylic acids is 1. The summed E-state index contributed by atoms with van der Waals surface area (Å²) in [7, 11) is 0. The van der Waals surface area contributed by atoms with E-state index in [0.29, 0.717) is 31.5 Å². The zero-order valence-corrected chi connectivity index (χ0v) is 10.5. The lowest BCUT2D eigenvalue weighted by atomic mass is 9.87. The van der Waals surface area contributed by atoms with Crippen molar-refractivity contribution in [2.75, 3.05) is 19.6 Å². The van der Waals surface area contributed by atoms with Crippen LogP contribution in [-0.4, -0.2) is 40.5 Å². The molecule has 1 aromatic rings. The van der Waals surface area contributed by atoms with E-state index in [1.54, 1.807) is 11.0 Å². The molecule has 5 heteroatoms. The van der Waals surface area contributed by atoms with Crippen LogP contribution in [0.25, 0.3) is 0 Å². The second-order valence-electron chi connectivity index (χ2n) is 4.88. The molecule has 1 fully saturated rings. The second kappa shape index (κ2) is 5.35. The van der Waals surface area contributed by atoms with Gasteiger partial charge in [-0.2, -0.15) is 0 Å². The van der Waals surface area contributed by atoms with Gasteiger partial charge in [-0.05, 0) is 36.9 Å². The third kappa shape index (κ3) is 2.46. The predicted molar refractivity (Wildman–Crippen MR) is 68.1 cm³/mol. The van der Waals surface area contributed by atoms with Gasteiger partial charge in [0.25, 0.3) is 5.91 Å². The van der Waals surface area contributed by atoms with Crippen molar-refractivity contribution in [1.82, 2.24) is 9.88 Å². The lowest BCUT2D eigenvalue weighted by Gasteiger charge is -2.36. The number of piperidine rings is 1. The smallest absolute Gasteiger partial charge is 0.276 e. The molecular formula is C13H19N3O2. The van der Waals surface area contributed by atoms with Crippen LogP contribution in [0.5, 0.6) is 5.75 Å². The number of likely N-dealkylation sites (tertiary alicyclic amines) is 1. The molecule has 0 bridgehead atoms. The number of hydrogen-bond acceptors (Lipinski definition) is 4. The molecule has 18 heavy (non-hydrogen) atoms. The van der Waals surface area contributed by atoms with Gasteiger partial charge in [0.05, 0.1) is 0 Å². The largest absolute Gasteiger partial charge is 0.505 e. The first-order valence-corrected chi connectivity index (χ1v) is 6.26. The summed E-state index contributed by atoms with van der Waals surface area (Å²) in [5.41, 5.74) is 5.85. The standard InChI is InChI=1S/C13H19N3O2/c1-9-4-6-16(8-10(9)7-14)13(18)12-11(17)3-2-5-15-12/h2-3,5,9-10,17H,4,6-8,14H2,1H3. The predicted octanol–water partition coefficient (Wildman–Crippen LogP) is 0.844. The summed E-state index contributed by atoms with van der Waals surface area (Å²) < 4.78 is 0. The van der Waals surface area contributed by atoms with Crippen molar-refractivity contribution in [3.05, 3.63) is 24.0 Å². The molecule has 2 atom stereocenters. The molecular weight excluding hydrogens is 230 g/mol. The molecule has 1 aliphatic heterocycles. The minimum Gasteiger partial charge on any atom is -0.505 e. The van der Waals surface area contributed by atoms with Crippen molar-refractivity contribution < 1.29 is 9.90 Å². The fraction of sp³-hybridized carbons (Fsp3) is 0.538. The van der Waals surface area contributed by atoms with E-state index in [9.17, 15) is 9.90 Å². The molecule has 98 valence electrons. The lowest BCUT2D eigenvalue weighted by molar-refractivity contribution is 0.0609. The van der Waals surface area contributed by atoms with Gasteiger partial charge in [0.1, 0.15) is 5.75 Å². The number of nitrogens with two attached hydrogens (primary N) is 1. The van der Waals surface area contributed by atoms with Gasteiger partial charge in [-0.1, -0.05) is 6.92 Å². The maximum absolute atomic E-state index is 12.3. The molecule has 1 saturated heterocycles. The highest BCUT2D eigenvalue weighted by molar-refractivity contribution is 5.94. The molecule has 1 aromatic heterocycles. The monoisotopic (exact) mass is 249 g/mol. The van der Waals surface area contributed by atoms with E-state index < -0.39 is 0 Å². The Morgan fingerprint density at radius 2 is 2.44 bits per heavy atom. The Labute approximate surface area is 107 Å². The average Bonchev–Trinajstić information content (AvgIpc) is 2.39. The number of hydrogen-bond donors (Lipinski definition) is 2. The van der Waals surface area contributed by atoms with Crippen LogP contribution in [0.1, 0.15) is 23.8 Å². The molecule has 0 saturated carbocycles. The number of aromatic hydroxyl groups is 1. The molecule has 0 aromatic carbocycles. The average molecular weight is 249 g/mol. The van der Waals surface area contributed by atoms with Gasteiger partial charge in [0.2, 0.25) is 0 Å². The summed E-state index contributed by atoms with van der Waals surface area (Å²) in [6.07, 6.45) is 2.46. The first-order valence-electron chi connectivity index (χ1n) is 6.26. The van der Waals surface area contributed by atoms with Crippen molar-refractivity contribution >= 4 is 5.91 Å². The van der Waals surface area contributed by atoms with Crippen LogP contribution >= 0.6 is 0 Å². The Hall–Kier alpha value is -1.62. The Morgan fingerprint density at radius 1 is 1.67 bits per heavy atom. The topological polar surface area (TPSA) is 79.5 Å². The molecule has 0 aliphatic carbocycles. The molecule has 2 rings (SSSR count). The quantitative estimate of drug-likeness (QED) is 0.814. The third-order valence-electron chi connectivity index (χ3n) is 3.69. The fourth-order valence-corrected chi connectivity index (χ4v) is 2.35. The summed E-state index contributed by atoms with van der Waals surface area (Å²) in [5, 5.41) is 9.65.